The molecule has 3 rings (SSSR count). The van der Waals surface area contributed by atoms with Gasteiger partial charge >= 0.3 is 0 Å². The second-order valence-corrected chi connectivity index (χ2v) is 7.28. The highest BCUT2D eigenvalue weighted by molar-refractivity contribution is 5.86. The lowest BCUT2D eigenvalue weighted by atomic mass is 9.94. The molecule has 1 heterocycles. The molecule has 0 spiro atoms. The number of benzene rings is 2. The molecule has 2 atom stereocenters. The van der Waals surface area contributed by atoms with Crippen molar-refractivity contribution < 1.29 is 19.1 Å². The van der Waals surface area contributed by atoms with Gasteiger partial charge in [0.05, 0.1) is 13.2 Å². The Hall–Kier alpha value is -2.86. The van der Waals surface area contributed by atoms with Crippen LogP contribution >= 0.6 is 0 Å². The van der Waals surface area contributed by atoms with Gasteiger partial charge in [0.2, 0.25) is 5.91 Å². The summed E-state index contributed by atoms with van der Waals surface area (Å²) in [7, 11) is 3.37. The minimum absolute atomic E-state index is 0.0805. The van der Waals surface area contributed by atoms with Crippen molar-refractivity contribution in [1.29, 1.82) is 0 Å². The first-order chi connectivity index (χ1) is 14.0. The molecule has 1 saturated heterocycles. The molecule has 2 amide bonds. The van der Waals surface area contributed by atoms with Gasteiger partial charge < -0.3 is 19.7 Å². The summed E-state index contributed by atoms with van der Waals surface area (Å²) in [5, 5.41) is 2.97. The molecule has 0 bridgehead atoms. The summed E-state index contributed by atoms with van der Waals surface area (Å²) in [6.45, 7) is 2.44. The maximum atomic E-state index is 12.8. The van der Waals surface area contributed by atoms with Crippen LogP contribution in [-0.4, -0.2) is 50.1 Å². The Morgan fingerprint density at radius 2 is 1.93 bits per heavy atom. The number of nitrogens with zero attached hydrogens (tertiary/aromatic N) is 1. The van der Waals surface area contributed by atoms with Gasteiger partial charge in [0.25, 0.3) is 5.91 Å². The van der Waals surface area contributed by atoms with E-state index < -0.39 is 12.1 Å². The molecular weight excluding hydrogens is 368 g/mol. The SMILES string of the molecule is COc1ccc(CCCNC(=O)[C@H]2OCC(=O)N(C)[C@@H]2c2ccccc2C)cc1. The lowest BCUT2D eigenvalue weighted by molar-refractivity contribution is -0.162. The molecule has 0 unspecified atom stereocenters. The number of likely N-dealkylation sites (N-methyl/N-ethyl adjacent to an activating group) is 1. The number of nitrogens with one attached hydrogen (secondary N) is 1. The zero-order valence-corrected chi connectivity index (χ0v) is 17.2. The van der Waals surface area contributed by atoms with Crippen molar-refractivity contribution in [2.75, 3.05) is 27.3 Å². The summed E-state index contributed by atoms with van der Waals surface area (Å²) in [5.74, 6) is 0.520. The van der Waals surface area contributed by atoms with Crippen LogP contribution in [-0.2, 0) is 20.7 Å². The number of aryl methyl sites for hydroxylation is 2. The Balaban J connectivity index is 1.60. The zero-order valence-electron chi connectivity index (χ0n) is 17.2. The first kappa shape index (κ1) is 20.9. The largest absolute Gasteiger partial charge is 0.497 e. The molecule has 29 heavy (non-hydrogen) atoms. The van der Waals surface area contributed by atoms with Gasteiger partial charge in [-0.1, -0.05) is 36.4 Å². The predicted molar refractivity (Wildman–Crippen MR) is 111 cm³/mol. The predicted octanol–water partition coefficient (Wildman–Crippen LogP) is 2.65. The van der Waals surface area contributed by atoms with Gasteiger partial charge in [-0.05, 0) is 48.6 Å². The fourth-order valence-electron chi connectivity index (χ4n) is 3.62. The molecule has 0 radical (unpaired) electrons. The molecule has 6 heteroatoms. The van der Waals surface area contributed by atoms with E-state index in [0.29, 0.717) is 6.54 Å². The number of carbonyl (C=O) groups excluding carboxylic acids is 2. The van der Waals surface area contributed by atoms with Crippen LogP contribution in [0.15, 0.2) is 48.5 Å². The number of hydrogen-bond donors (Lipinski definition) is 1. The van der Waals surface area contributed by atoms with Crippen molar-refractivity contribution in [2.24, 2.45) is 0 Å². The smallest absolute Gasteiger partial charge is 0.251 e. The second-order valence-electron chi connectivity index (χ2n) is 7.28. The third kappa shape index (κ3) is 4.95. The highest BCUT2D eigenvalue weighted by atomic mass is 16.5. The van der Waals surface area contributed by atoms with Crippen LogP contribution in [0.3, 0.4) is 0 Å². The maximum absolute atomic E-state index is 12.8. The van der Waals surface area contributed by atoms with Gasteiger partial charge in [0.15, 0.2) is 6.10 Å². The van der Waals surface area contributed by atoms with E-state index >= 15 is 0 Å². The van der Waals surface area contributed by atoms with Crippen LogP contribution in [0.25, 0.3) is 0 Å². The quantitative estimate of drug-likeness (QED) is 0.731. The number of ether oxygens (including phenoxy) is 2. The Bertz CT molecular complexity index is 850. The van der Waals surface area contributed by atoms with E-state index in [2.05, 4.69) is 5.32 Å². The van der Waals surface area contributed by atoms with Crippen molar-refractivity contribution >= 4 is 11.8 Å². The first-order valence-corrected chi connectivity index (χ1v) is 9.84. The minimum atomic E-state index is -0.722. The molecule has 1 N–H and O–H groups in total. The van der Waals surface area contributed by atoms with Gasteiger partial charge in [-0.3, -0.25) is 9.59 Å². The summed E-state index contributed by atoms with van der Waals surface area (Å²) in [6.07, 6.45) is 0.948. The van der Waals surface area contributed by atoms with Crippen LogP contribution in [0.2, 0.25) is 0 Å². The zero-order chi connectivity index (χ0) is 20.8. The summed E-state index contributed by atoms with van der Waals surface area (Å²) < 4.78 is 10.8. The molecule has 154 valence electrons. The summed E-state index contributed by atoms with van der Waals surface area (Å²) in [6, 6.07) is 15.3. The van der Waals surface area contributed by atoms with Crippen LogP contribution in [0.4, 0.5) is 0 Å². The van der Waals surface area contributed by atoms with Crippen molar-refractivity contribution in [2.45, 2.75) is 31.9 Å². The number of hydrogen-bond acceptors (Lipinski definition) is 4. The molecule has 0 saturated carbocycles. The fraction of sp³-hybridized carbons (Fsp3) is 0.391. The van der Waals surface area contributed by atoms with E-state index in [1.165, 1.54) is 5.56 Å². The molecular formula is C23H28N2O4. The number of carbonyl (C=O) groups is 2. The second kappa shape index (κ2) is 9.56. The maximum Gasteiger partial charge on any atom is 0.251 e. The molecule has 6 nitrogen and oxygen atoms in total. The monoisotopic (exact) mass is 396 g/mol. The van der Waals surface area contributed by atoms with Crippen molar-refractivity contribution in [3.63, 3.8) is 0 Å². The Morgan fingerprint density at radius 3 is 2.62 bits per heavy atom. The first-order valence-electron chi connectivity index (χ1n) is 9.84. The molecule has 2 aromatic rings. The highest BCUT2D eigenvalue weighted by Gasteiger charge is 2.40. The summed E-state index contributed by atoms with van der Waals surface area (Å²) >= 11 is 0. The van der Waals surface area contributed by atoms with E-state index in [4.69, 9.17) is 9.47 Å². The Kier molecular flexibility index (Phi) is 6.88. The van der Waals surface area contributed by atoms with Crippen LogP contribution in [0, 0.1) is 6.92 Å². The average Bonchev–Trinajstić information content (AvgIpc) is 2.74. The number of methoxy groups -OCH3 is 1. The van der Waals surface area contributed by atoms with Gasteiger partial charge in [-0.25, -0.2) is 0 Å². The third-order valence-electron chi connectivity index (χ3n) is 5.35. The molecule has 1 aliphatic heterocycles. The van der Waals surface area contributed by atoms with E-state index in [-0.39, 0.29) is 18.4 Å². The van der Waals surface area contributed by atoms with E-state index in [9.17, 15) is 9.59 Å². The third-order valence-corrected chi connectivity index (χ3v) is 5.35. The fourth-order valence-corrected chi connectivity index (χ4v) is 3.62. The molecule has 0 aliphatic carbocycles. The lowest BCUT2D eigenvalue weighted by Gasteiger charge is -2.38. The van der Waals surface area contributed by atoms with Crippen molar-refractivity contribution in [1.82, 2.24) is 10.2 Å². The molecule has 1 fully saturated rings. The van der Waals surface area contributed by atoms with Crippen LogP contribution in [0.5, 0.6) is 5.75 Å². The number of amides is 2. The van der Waals surface area contributed by atoms with Crippen molar-refractivity contribution in [3.05, 3.63) is 65.2 Å². The Morgan fingerprint density at radius 1 is 1.21 bits per heavy atom. The Labute approximate surface area is 171 Å². The van der Waals surface area contributed by atoms with E-state index in [1.807, 2.05) is 55.5 Å². The lowest BCUT2D eigenvalue weighted by Crippen LogP contribution is -2.53. The van der Waals surface area contributed by atoms with E-state index in [0.717, 1.165) is 29.7 Å². The minimum Gasteiger partial charge on any atom is -0.497 e. The topological polar surface area (TPSA) is 67.9 Å². The summed E-state index contributed by atoms with van der Waals surface area (Å²) in [4.78, 5) is 26.6. The standard InChI is InChI=1S/C23H28N2O4/c1-16-7-4-5-9-19(16)21-22(29-15-20(26)25(21)2)23(27)24-14-6-8-17-10-12-18(28-3)13-11-17/h4-5,7,9-13,21-22H,6,8,14-15H2,1-3H3,(H,24,27)/t21-,22+/m1/s1. The van der Waals surface area contributed by atoms with Crippen LogP contribution in [0.1, 0.15) is 29.2 Å². The number of rotatable bonds is 7. The number of morpholine rings is 1. The molecule has 2 aromatic carbocycles. The summed E-state index contributed by atoms with van der Waals surface area (Å²) in [5.41, 5.74) is 3.15. The van der Waals surface area contributed by atoms with Gasteiger partial charge in [0, 0.05) is 13.6 Å². The molecule has 0 aromatic heterocycles. The normalized spacial score (nSPS) is 19.1. The van der Waals surface area contributed by atoms with Crippen molar-refractivity contribution in [3.8, 4) is 5.75 Å². The van der Waals surface area contributed by atoms with E-state index in [1.54, 1.807) is 19.1 Å². The molecule has 1 aliphatic rings. The average molecular weight is 396 g/mol. The van der Waals surface area contributed by atoms with Gasteiger partial charge in [-0.15, -0.1) is 0 Å². The van der Waals surface area contributed by atoms with Crippen LogP contribution < -0.4 is 10.1 Å². The highest BCUT2D eigenvalue weighted by Crippen LogP contribution is 2.31. The van der Waals surface area contributed by atoms with Gasteiger partial charge in [-0.2, -0.15) is 0 Å². The van der Waals surface area contributed by atoms with Gasteiger partial charge in [0.1, 0.15) is 12.4 Å².